The highest BCUT2D eigenvalue weighted by Gasteiger charge is 2.34. The molecule has 2 aliphatic carbocycles. The first-order valence-corrected chi connectivity index (χ1v) is 7.95. The first-order valence-electron chi connectivity index (χ1n) is 6.72. The van der Waals surface area contributed by atoms with Gasteiger partial charge in [-0.1, -0.05) is 25.7 Å². The van der Waals surface area contributed by atoms with E-state index in [1.54, 1.807) is 0 Å². The summed E-state index contributed by atoms with van der Waals surface area (Å²) in [6.07, 6.45) is 12.2. The first kappa shape index (κ1) is 12.7. The zero-order valence-corrected chi connectivity index (χ0v) is 11.2. The molecule has 2 N–H and O–H groups in total. The van der Waals surface area contributed by atoms with Gasteiger partial charge in [0.2, 0.25) is 0 Å². The molecule has 0 radical (unpaired) electrons. The number of nitrogens with one attached hydrogen (secondary N) is 1. The van der Waals surface area contributed by atoms with Crippen LogP contribution in [0, 0.1) is 0 Å². The van der Waals surface area contributed by atoms with Crippen LogP contribution in [0.1, 0.15) is 51.4 Å². The highest BCUT2D eigenvalue weighted by Crippen LogP contribution is 2.39. The van der Waals surface area contributed by atoms with Crippen LogP contribution < -0.4 is 5.32 Å². The summed E-state index contributed by atoms with van der Waals surface area (Å²) in [7, 11) is 0. The van der Waals surface area contributed by atoms with Gasteiger partial charge in [0, 0.05) is 17.3 Å². The van der Waals surface area contributed by atoms with E-state index in [9.17, 15) is 5.11 Å². The maximum absolute atomic E-state index is 9.93. The van der Waals surface area contributed by atoms with Gasteiger partial charge in [0.25, 0.3) is 0 Å². The smallest absolute Gasteiger partial charge is 0.0693 e. The van der Waals surface area contributed by atoms with E-state index in [1.807, 2.05) is 11.8 Å². The Bertz CT molecular complexity index is 216. The summed E-state index contributed by atoms with van der Waals surface area (Å²) >= 11 is 2.03. The van der Waals surface area contributed by atoms with E-state index in [-0.39, 0.29) is 6.10 Å². The Kier molecular flexibility index (Phi) is 4.57. The minimum Gasteiger partial charge on any atom is -0.392 e. The Morgan fingerprint density at radius 2 is 1.88 bits per heavy atom. The average molecular weight is 243 g/mol. The molecule has 0 aromatic rings. The molecule has 0 aliphatic heterocycles. The van der Waals surface area contributed by atoms with Crippen molar-refractivity contribution in [3.05, 3.63) is 0 Å². The molecule has 0 aromatic heterocycles. The molecule has 2 atom stereocenters. The van der Waals surface area contributed by atoms with Gasteiger partial charge in [-0.15, -0.1) is 0 Å². The quantitative estimate of drug-likeness (QED) is 0.796. The third-order valence-electron chi connectivity index (χ3n) is 4.36. The molecule has 94 valence electrons. The minimum atomic E-state index is -0.103. The van der Waals surface area contributed by atoms with Gasteiger partial charge in [-0.2, -0.15) is 11.8 Å². The fraction of sp³-hybridized carbons (Fsp3) is 1.00. The Labute approximate surface area is 104 Å². The SMILES string of the molecule is CSC1(CNC2CCCCC2O)CCCC1. The molecule has 2 nitrogen and oxygen atoms in total. The molecule has 0 aromatic carbocycles. The van der Waals surface area contributed by atoms with E-state index in [2.05, 4.69) is 11.6 Å². The second-order valence-corrected chi connectivity index (χ2v) is 6.71. The number of aliphatic hydroxyl groups excluding tert-OH is 1. The number of rotatable bonds is 4. The molecule has 0 saturated heterocycles. The molecule has 0 spiro atoms. The van der Waals surface area contributed by atoms with Gasteiger partial charge in [0.1, 0.15) is 0 Å². The maximum atomic E-state index is 9.93. The van der Waals surface area contributed by atoms with Crippen LogP contribution in [-0.4, -0.2) is 34.8 Å². The van der Waals surface area contributed by atoms with Crippen LogP contribution in [0.2, 0.25) is 0 Å². The highest BCUT2D eigenvalue weighted by atomic mass is 32.2. The van der Waals surface area contributed by atoms with Crippen LogP contribution in [0.25, 0.3) is 0 Å². The van der Waals surface area contributed by atoms with E-state index >= 15 is 0 Å². The predicted molar refractivity (Wildman–Crippen MR) is 71.0 cm³/mol. The number of aliphatic hydroxyl groups is 1. The maximum Gasteiger partial charge on any atom is 0.0693 e. The van der Waals surface area contributed by atoms with Crippen molar-refractivity contribution in [2.45, 2.75) is 68.3 Å². The van der Waals surface area contributed by atoms with Gasteiger partial charge in [0.05, 0.1) is 6.10 Å². The first-order chi connectivity index (χ1) is 7.76. The molecule has 0 amide bonds. The summed E-state index contributed by atoms with van der Waals surface area (Å²) in [5.41, 5.74) is 0. The third kappa shape index (κ3) is 2.93. The second-order valence-electron chi connectivity index (χ2n) is 5.43. The molecular formula is C13H25NOS. The largest absolute Gasteiger partial charge is 0.392 e. The average Bonchev–Trinajstić information content (AvgIpc) is 2.78. The van der Waals surface area contributed by atoms with Crippen molar-refractivity contribution < 1.29 is 5.11 Å². The van der Waals surface area contributed by atoms with Crippen molar-refractivity contribution in [2.75, 3.05) is 12.8 Å². The Morgan fingerprint density at radius 3 is 2.50 bits per heavy atom. The molecule has 2 saturated carbocycles. The summed E-state index contributed by atoms with van der Waals surface area (Å²) in [6.45, 7) is 1.09. The lowest BCUT2D eigenvalue weighted by Gasteiger charge is -2.34. The van der Waals surface area contributed by atoms with Gasteiger partial charge in [-0.25, -0.2) is 0 Å². The van der Waals surface area contributed by atoms with E-state index in [0.717, 1.165) is 19.4 Å². The van der Waals surface area contributed by atoms with Crippen molar-refractivity contribution in [1.82, 2.24) is 5.32 Å². The van der Waals surface area contributed by atoms with Crippen LogP contribution in [0.15, 0.2) is 0 Å². The van der Waals surface area contributed by atoms with Crippen LogP contribution in [0.4, 0.5) is 0 Å². The summed E-state index contributed by atoms with van der Waals surface area (Å²) in [5, 5.41) is 13.6. The Morgan fingerprint density at radius 1 is 1.19 bits per heavy atom. The minimum absolute atomic E-state index is 0.103. The van der Waals surface area contributed by atoms with Gasteiger partial charge >= 0.3 is 0 Å². The zero-order chi connectivity index (χ0) is 11.4. The highest BCUT2D eigenvalue weighted by molar-refractivity contribution is 8.00. The van der Waals surface area contributed by atoms with Crippen molar-refractivity contribution in [1.29, 1.82) is 0 Å². The lowest BCUT2D eigenvalue weighted by Crippen LogP contribution is -2.47. The molecule has 2 fully saturated rings. The van der Waals surface area contributed by atoms with Crippen LogP contribution in [0.3, 0.4) is 0 Å². The van der Waals surface area contributed by atoms with Crippen LogP contribution >= 0.6 is 11.8 Å². The van der Waals surface area contributed by atoms with E-state index in [4.69, 9.17) is 0 Å². The van der Waals surface area contributed by atoms with Crippen molar-refractivity contribution in [2.24, 2.45) is 0 Å². The summed E-state index contributed by atoms with van der Waals surface area (Å²) in [6, 6.07) is 0.360. The molecule has 2 unspecified atom stereocenters. The van der Waals surface area contributed by atoms with Crippen LogP contribution in [0.5, 0.6) is 0 Å². The molecule has 2 rings (SSSR count). The standard InChI is InChI=1S/C13H25NOS/c1-16-13(8-4-5-9-13)10-14-11-6-2-3-7-12(11)15/h11-12,14-15H,2-10H2,1H3. The molecule has 16 heavy (non-hydrogen) atoms. The summed E-state index contributed by atoms with van der Waals surface area (Å²) in [5.74, 6) is 0. The van der Waals surface area contributed by atoms with E-state index < -0.39 is 0 Å². The van der Waals surface area contributed by atoms with E-state index in [0.29, 0.717) is 10.8 Å². The second kappa shape index (κ2) is 5.74. The van der Waals surface area contributed by atoms with Gasteiger partial charge < -0.3 is 10.4 Å². The zero-order valence-electron chi connectivity index (χ0n) is 10.4. The molecular weight excluding hydrogens is 218 g/mol. The van der Waals surface area contributed by atoms with Crippen molar-refractivity contribution in [3.63, 3.8) is 0 Å². The number of thioether (sulfide) groups is 1. The predicted octanol–water partition coefficient (Wildman–Crippen LogP) is 2.56. The van der Waals surface area contributed by atoms with Crippen LogP contribution in [-0.2, 0) is 0 Å². The topological polar surface area (TPSA) is 32.3 Å². The monoisotopic (exact) mass is 243 g/mol. The van der Waals surface area contributed by atoms with Gasteiger partial charge in [-0.05, 0) is 31.9 Å². The number of hydrogen-bond donors (Lipinski definition) is 2. The fourth-order valence-corrected chi connectivity index (χ4v) is 4.06. The lowest BCUT2D eigenvalue weighted by atomic mass is 9.92. The molecule has 0 bridgehead atoms. The third-order valence-corrected chi connectivity index (χ3v) is 5.78. The summed E-state index contributed by atoms with van der Waals surface area (Å²) < 4.78 is 0.469. The molecule has 0 heterocycles. The Hall–Kier alpha value is 0.270. The van der Waals surface area contributed by atoms with Crippen molar-refractivity contribution in [3.8, 4) is 0 Å². The van der Waals surface area contributed by atoms with E-state index in [1.165, 1.54) is 38.5 Å². The fourth-order valence-electron chi connectivity index (χ4n) is 3.14. The van der Waals surface area contributed by atoms with Crippen molar-refractivity contribution >= 4 is 11.8 Å². The number of hydrogen-bond acceptors (Lipinski definition) is 3. The molecule has 2 aliphatic rings. The Balaban J connectivity index is 1.80. The summed E-state index contributed by atoms with van der Waals surface area (Å²) in [4.78, 5) is 0. The normalized spacial score (nSPS) is 34.1. The molecule has 3 heteroatoms. The van der Waals surface area contributed by atoms with Gasteiger partial charge in [0.15, 0.2) is 0 Å². The lowest BCUT2D eigenvalue weighted by molar-refractivity contribution is 0.0898. The van der Waals surface area contributed by atoms with Gasteiger partial charge in [-0.3, -0.25) is 0 Å².